The topological polar surface area (TPSA) is 98.0 Å². The average molecular weight is 368 g/mol. The Morgan fingerprint density at radius 3 is 1.17 bits per heavy atom. The molecule has 4 N–H and O–H groups in total. The van der Waals surface area contributed by atoms with Crippen LogP contribution in [0, 0.1) is 0 Å². The van der Waals surface area contributed by atoms with Gasteiger partial charge in [0, 0.05) is 0 Å². The van der Waals surface area contributed by atoms with Crippen LogP contribution in [0.2, 0.25) is 0 Å². The van der Waals surface area contributed by atoms with Crippen LogP contribution < -0.4 is 0 Å². The molecular weight excluding hydrogens is 327 g/mol. The molecule has 148 valence electrons. The van der Waals surface area contributed by atoms with E-state index in [4.69, 9.17) is 19.2 Å². The average Bonchev–Trinajstić information content (AvgIpc) is 2.48. The van der Waals surface area contributed by atoms with Crippen LogP contribution >= 0.6 is 7.82 Å². The van der Waals surface area contributed by atoms with Gasteiger partial charge in [-0.05, 0) is 12.8 Å². The minimum atomic E-state index is -4.64. The Balaban J connectivity index is 0. The summed E-state index contributed by atoms with van der Waals surface area (Å²) in [5.41, 5.74) is 0. The highest BCUT2D eigenvalue weighted by Crippen LogP contribution is 2.25. The number of hydrogen-bond acceptors (Lipinski definition) is 2. The smallest absolute Gasteiger partial charge is 0.393 e. The predicted molar refractivity (Wildman–Crippen MR) is 101 cm³/mol. The van der Waals surface area contributed by atoms with E-state index in [1.807, 2.05) is 0 Å². The van der Waals surface area contributed by atoms with Gasteiger partial charge in [-0.2, -0.15) is 0 Å². The highest BCUT2D eigenvalue weighted by molar-refractivity contribution is 7.45. The van der Waals surface area contributed by atoms with Crippen LogP contribution in [0.25, 0.3) is 0 Å². The number of phosphoric acid groups is 1. The van der Waals surface area contributed by atoms with Crippen LogP contribution in [-0.4, -0.2) is 25.9 Å². The second kappa shape index (κ2) is 19.4. The molecule has 0 aromatic heterocycles. The van der Waals surface area contributed by atoms with E-state index in [2.05, 4.69) is 13.8 Å². The van der Waals surface area contributed by atoms with Gasteiger partial charge >= 0.3 is 7.82 Å². The van der Waals surface area contributed by atoms with Crippen molar-refractivity contribution in [1.82, 2.24) is 0 Å². The van der Waals surface area contributed by atoms with Crippen molar-refractivity contribution in [2.75, 3.05) is 0 Å². The fraction of sp³-hybridized carbons (Fsp3) is 1.00. The molecular formula is C18H41O5P. The quantitative estimate of drug-likeness (QED) is 0.232. The molecule has 0 radical (unpaired) electrons. The normalized spacial score (nSPS) is 12.6. The number of unbranched alkanes of at least 4 members (excludes halogenated alkanes) is 11. The first-order chi connectivity index (χ1) is 11.3. The summed E-state index contributed by atoms with van der Waals surface area (Å²) in [7, 11) is -4.64. The Labute approximate surface area is 149 Å². The summed E-state index contributed by atoms with van der Waals surface area (Å²) in [6, 6.07) is 0. The van der Waals surface area contributed by atoms with Crippen LogP contribution in [0.3, 0.4) is 0 Å². The van der Waals surface area contributed by atoms with E-state index >= 15 is 0 Å². The molecule has 0 aliphatic carbocycles. The Morgan fingerprint density at radius 1 is 0.625 bits per heavy atom. The first-order valence-corrected chi connectivity index (χ1v) is 11.3. The van der Waals surface area contributed by atoms with Gasteiger partial charge in [-0.3, -0.25) is 0 Å². The zero-order valence-electron chi connectivity index (χ0n) is 15.8. The maximum absolute atomic E-state index is 9.89. The number of aliphatic hydroxyl groups is 1. The van der Waals surface area contributed by atoms with E-state index in [9.17, 15) is 5.11 Å². The molecule has 0 rings (SSSR count). The fourth-order valence-corrected chi connectivity index (χ4v) is 2.64. The van der Waals surface area contributed by atoms with Crippen molar-refractivity contribution in [1.29, 1.82) is 0 Å². The Bertz CT molecular complexity index is 272. The van der Waals surface area contributed by atoms with E-state index in [0.29, 0.717) is 0 Å². The predicted octanol–water partition coefficient (Wildman–Crippen LogP) is 5.31. The zero-order chi connectivity index (χ0) is 18.7. The third-order valence-electron chi connectivity index (χ3n) is 4.03. The number of hydrogen-bond donors (Lipinski definition) is 4. The maximum Gasteiger partial charge on any atom is 0.466 e. The second-order valence-electron chi connectivity index (χ2n) is 6.63. The molecule has 0 spiro atoms. The summed E-state index contributed by atoms with van der Waals surface area (Å²) in [6.45, 7) is 4.52. The molecule has 0 aromatic carbocycles. The Kier molecular flexibility index (Phi) is 21.3. The van der Waals surface area contributed by atoms with Gasteiger partial charge < -0.3 is 19.8 Å². The van der Waals surface area contributed by atoms with E-state index in [0.717, 1.165) is 12.8 Å². The van der Waals surface area contributed by atoms with Crippen molar-refractivity contribution >= 4 is 7.82 Å². The van der Waals surface area contributed by atoms with Crippen LogP contribution in [0.15, 0.2) is 0 Å². The third kappa shape index (κ3) is 33.6. The molecule has 0 saturated carbocycles. The zero-order valence-corrected chi connectivity index (χ0v) is 16.7. The molecule has 1 unspecified atom stereocenters. The molecule has 0 aliphatic heterocycles. The van der Waals surface area contributed by atoms with E-state index in [-0.39, 0.29) is 6.10 Å². The van der Waals surface area contributed by atoms with Crippen molar-refractivity contribution in [2.24, 2.45) is 0 Å². The molecule has 1 atom stereocenters. The maximum atomic E-state index is 9.89. The molecule has 0 fully saturated rings. The van der Waals surface area contributed by atoms with E-state index in [1.54, 1.807) is 0 Å². The van der Waals surface area contributed by atoms with Crippen molar-refractivity contribution < 1.29 is 24.4 Å². The molecule has 0 heterocycles. The van der Waals surface area contributed by atoms with E-state index < -0.39 is 7.82 Å². The van der Waals surface area contributed by atoms with Crippen LogP contribution in [0.4, 0.5) is 0 Å². The summed E-state index contributed by atoms with van der Waals surface area (Å²) in [6.07, 6.45) is 19.4. The first kappa shape index (κ1) is 26.3. The summed E-state index contributed by atoms with van der Waals surface area (Å²) >= 11 is 0. The van der Waals surface area contributed by atoms with Gasteiger partial charge in [0.15, 0.2) is 0 Å². The fourth-order valence-electron chi connectivity index (χ4n) is 2.64. The summed E-state index contributed by atoms with van der Waals surface area (Å²) < 4.78 is 8.88. The van der Waals surface area contributed by atoms with Crippen molar-refractivity contribution in [2.45, 2.75) is 116 Å². The Hall–Kier alpha value is 0.0700. The van der Waals surface area contributed by atoms with Gasteiger partial charge in [-0.15, -0.1) is 0 Å². The SMILES string of the molecule is CCCCCCCCCC(O)CCCCCCCC.O=P(O)(O)O. The summed E-state index contributed by atoms with van der Waals surface area (Å²) in [5, 5.41) is 9.89. The lowest BCUT2D eigenvalue weighted by Crippen LogP contribution is -2.05. The van der Waals surface area contributed by atoms with Crippen LogP contribution in [-0.2, 0) is 4.57 Å². The minimum Gasteiger partial charge on any atom is -0.393 e. The molecule has 0 aliphatic rings. The lowest BCUT2D eigenvalue weighted by Gasteiger charge is -2.10. The molecule has 24 heavy (non-hydrogen) atoms. The van der Waals surface area contributed by atoms with Crippen molar-refractivity contribution in [3.05, 3.63) is 0 Å². The molecule has 0 aromatic rings. The number of rotatable bonds is 15. The van der Waals surface area contributed by atoms with Gasteiger partial charge in [0.05, 0.1) is 6.10 Å². The lowest BCUT2D eigenvalue weighted by atomic mass is 10.0. The largest absolute Gasteiger partial charge is 0.466 e. The van der Waals surface area contributed by atoms with Gasteiger partial charge in [0.25, 0.3) is 0 Å². The van der Waals surface area contributed by atoms with Gasteiger partial charge in [-0.25, -0.2) is 4.57 Å². The Morgan fingerprint density at radius 2 is 0.875 bits per heavy atom. The van der Waals surface area contributed by atoms with Crippen molar-refractivity contribution in [3.8, 4) is 0 Å². The summed E-state index contributed by atoms with van der Waals surface area (Å²) in [4.78, 5) is 21.6. The molecule has 0 saturated heterocycles. The highest BCUT2D eigenvalue weighted by atomic mass is 31.2. The first-order valence-electron chi connectivity index (χ1n) is 9.77. The van der Waals surface area contributed by atoms with Gasteiger partial charge in [0.2, 0.25) is 0 Å². The molecule has 0 amide bonds. The van der Waals surface area contributed by atoms with Crippen LogP contribution in [0.1, 0.15) is 110 Å². The second-order valence-corrected chi connectivity index (χ2v) is 7.66. The molecule has 0 bridgehead atoms. The van der Waals surface area contributed by atoms with E-state index in [1.165, 1.54) is 83.5 Å². The van der Waals surface area contributed by atoms with Crippen LogP contribution in [0.5, 0.6) is 0 Å². The monoisotopic (exact) mass is 368 g/mol. The number of aliphatic hydroxyl groups excluding tert-OH is 1. The third-order valence-corrected chi connectivity index (χ3v) is 4.03. The molecule has 6 heteroatoms. The van der Waals surface area contributed by atoms with Crippen molar-refractivity contribution in [3.63, 3.8) is 0 Å². The standard InChI is InChI=1S/C18H38O.H3O4P/c1-3-5-7-9-11-13-15-17-18(19)16-14-12-10-8-6-4-2;1-5(2,3)4/h18-19H,3-17H2,1-2H3;(H3,1,2,3,4). The lowest BCUT2D eigenvalue weighted by molar-refractivity contribution is 0.147. The minimum absolute atomic E-state index is 0.0261. The van der Waals surface area contributed by atoms with Gasteiger partial charge in [0.1, 0.15) is 0 Å². The summed E-state index contributed by atoms with van der Waals surface area (Å²) in [5.74, 6) is 0. The highest BCUT2D eigenvalue weighted by Gasteiger charge is 2.03. The molecule has 5 nitrogen and oxygen atoms in total. The van der Waals surface area contributed by atoms with Gasteiger partial charge in [-0.1, -0.05) is 97.3 Å².